The number of benzene rings is 3. The first-order valence-corrected chi connectivity index (χ1v) is 6.81. The highest BCUT2D eigenvalue weighted by molar-refractivity contribution is 6.10. The van der Waals surface area contributed by atoms with Crippen molar-refractivity contribution < 1.29 is 4.42 Å². The molecule has 1 heteroatoms. The third kappa shape index (κ3) is 1.56. The summed E-state index contributed by atoms with van der Waals surface area (Å²) in [6, 6.07) is 23.0. The van der Waals surface area contributed by atoms with Gasteiger partial charge in [-0.1, -0.05) is 66.7 Å². The summed E-state index contributed by atoms with van der Waals surface area (Å²) in [5.74, 6) is 0. The van der Waals surface area contributed by atoms with Gasteiger partial charge in [-0.3, -0.25) is 0 Å². The van der Waals surface area contributed by atoms with Crippen LogP contribution in [-0.4, -0.2) is 0 Å². The second-order valence-corrected chi connectivity index (χ2v) is 5.10. The Hall–Kier alpha value is -2.54. The fraction of sp³-hybridized carbons (Fsp3) is 0.0526. The Balaban J connectivity index is 2.14. The quantitative estimate of drug-likeness (QED) is 0.435. The summed E-state index contributed by atoms with van der Waals surface area (Å²) in [5.41, 5.74) is 5.49. The lowest BCUT2D eigenvalue weighted by atomic mass is 10.0. The van der Waals surface area contributed by atoms with E-state index in [1.807, 2.05) is 6.07 Å². The van der Waals surface area contributed by atoms with Gasteiger partial charge in [-0.2, -0.15) is 0 Å². The third-order valence-electron chi connectivity index (χ3n) is 3.81. The number of hydrogen-bond acceptors (Lipinski definition) is 1. The largest absolute Gasteiger partial charge is 0.455 e. The SMILES string of the molecule is Cc1cccc2c1oc1c(-c3ccccc3)cccc12. The molecule has 96 valence electrons. The van der Waals surface area contributed by atoms with Crippen LogP contribution >= 0.6 is 0 Å². The van der Waals surface area contributed by atoms with Crippen LogP contribution in [-0.2, 0) is 0 Å². The minimum absolute atomic E-state index is 0.975. The van der Waals surface area contributed by atoms with Gasteiger partial charge < -0.3 is 4.42 Å². The maximum atomic E-state index is 6.17. The molecule has 20 heavy (non-hydrogen) atoms. The van der Waals surface area contributed by atoms with Gasteiger partial charge in [-0.25, -0.2) is 0 Å². The number of para-hydroxylation sites is 2. The molecule has 0 atom stereocenters. The van der Waals surface area contributed by atoms with Crippen LogP contribution in [0.2, 0.25) is 0 Å². The zero-order chi connectivity index (χ0) is 13.5. The first-order valence-electron chi connectivity index (χ1n) is 6.81. The molecule has 0 saturated heterocycles. The highest BCUT2D eigenvalue weighted by atomic mass is 16.3. The first kappa shape index (κ1) is 11.3. The van der Waals surface area contributed by atoms with Crippen LogP contribution in [0.25, 0.3) is 33.1 Å². The van der Waals surface area contributed by atoms with Crippen LogP contribution in [0.3, 0.4) is 0 Å². The number of hydrogen-bond donors (Lipinski definition) is 0. The maximum absolute atomic E-state index is 6.17. The summed E-state index contributed by atoms with van der Waals surface area (Å²) in [6.45, 7) is 2.09. The van der Waals surface area contributed by atoms with Crippen molar-refractivity contribution in [2.45, 2.75) is 6.92 Å². The van der Waals surface area contributed by atoms with Crippen LogP contribution in [0.1, 0.15) is 5.56 Å². The number of fused-ring (bicyclic) bond motifs is 3. The molecule has 0 amide bonds. The third-order valence-corrected chi connectivity index (χ3v) is 3.81. The van der Waals surface area contributed by atoms with Crippen molar-refractivity contribution in [2.75, 3.05) is 0 Å². The predicted molar refractivity (Wildman–Crippen MR) is 83.9 cm³/mol. The molecule has 0 fully saturated rings. The van der Waals surface area contributed by atoms with E-state index in [1.165, 1.54) is 21.9 Å². The zero-order valence-electron chi connectivity index (χ0n) is 11.3. The van der Waals surface area contributed by atoms with Crippen molar-refractivity contribution in [3.05, 3.63) is 72.3 Å². The van der Waals surface area contributed by atoms with E-state index in [2.05, 4.69) is 67.6 Å². The summed E-state index contributed by atoms with van der Waals surface area (Å²) in [4.78, 5) is 0. The van der Waals surface area contributed by atoms with E-state index in [0.717, 1.165) is 16.7 Å². The zero-order valence-corrected chi connectivity index (χ0v) is 11.3. The summed E-state index contributed by atoms with van der Waals surface area (Å²) >= 11 is 0. The summed E-state index contributed by atoms with van der Waals surface area (Å²) in [6.07, 6.45) is 0. The van der Waals surface area contributed by atoms with E-state index in [-0.39, 0.29) is 0 Å². The lowest BCUT2D eigenvalue weighted by Gasteiger charge is -2.01. The minimum atomic E-state index is 0.975. The Morgan fingerprint density at radius 2 is 1.35 bits per heavy atom. The molecule has 1 heterocycles. The Morgan fingerprint density at radius 1 is 0.650 bits per heavy atom. The number of furan rings is 1. The van der Waals surface area contributed by atoms with Gasteiger partial charge in [0.2, 0.25) is 0 Å². The lowest BCUT2D eigenvalue weighted by molar-refractivity contribution is 0.667. The molecule has 0 aliphatic heterocycles. The fourth-order valence-corrected chi connectivity index (χ4v) is 2.81. The van der Waals surface area contributed by atoms with Crippen molar-refractivity contribution in [1.82, 2.24) is 0 Å². The molecule has 0 aliphatic carbocycles. The van der Waals surface area contributed by atoms with E-state index in [1.54, 1.807) is 0 Å². The first-order chi connectivity index (χ1) is 9.84. The van der Waals surface area contributed by atoms with Crippen LogP contribution < -0.4 is 0 Å². The molecule has 0 radical (unpaired) electrons. The molecule has 0 N–H and O–H groups in total. The number of aryl methyl sites for hydroxylation is 1. The van der Waals surface area contributed by atoms with Crippen molar-refractivity contribution in [2.24, 2.45) is 0 Å². The molecule has 0 spiro atoms. The summed E-state index contributed by atoms with van der Waals surface area (Å²) in [7, 11) is 0. The Bertz CT molecular complexity index is 901. The van der Waals surface area contributed by atoms with E-state index in [4.69, 9.17) is 4.42 Å². The highest BCUT2D eigenvalue weighted by Gasteiger charge is 2.12. The van der Waals surface area contributed by atoms with Gasteiger partial charge in [0.25, 0.3) is 0 Å². The van der Waals surface area contributed by atoms with Gasteiger partial charge >= 0.3 is 0 Å². The van der Waals surface area contributed by atoms with Crippen molar-refractivity contribution >= 4 is 21.9 Å². The van der Waals surface area contributed by atoms with E-state index in [9.17, 15) is 0 Å². The Kier molecular flexibility index (Phi) is 2.40. The summed E-state index contributed by atoms with van der Waals surface area (Å²) in [5, 5.41) is 2.38. The summed E-state index contributed by atoms with van der Waals surface area (Å²) < 4.78 is 6.17. The van der Waals surface area contributed by atoms with Gasteiger partial charge in [0.05, 0.1) is 0 Å². The highest BCUT2D eigenvalue weighted by Crippen LogP contribution is 2.36. The minimum Gasteiger partial charge on any atom is -0.455 e. The molecule has 0 unspecified atom stereocenters. The molecule has 4 rings (SSSR count). The van der Waals surface area contributed by atoms with Gasteiger partial charge in [0.1, 0.15) is 11.2 Å². The smallest absolute Gasteiger partial charge is 0.143 e. The van der Waals surface area contributed by atoms with Crippen LogP contribution in [0, 0.1) is 6.92 Å². The average molecular weight is 258 g/mol. The Morgan fingerprint density at radius 3 is 2.15 bits per heavy atom. The molecule has 4 aromatic rings. The standard InChI is InChI=1S/C19H14O/c1-13-7-5-11-16-17-12-6-10-15(19(17)20-18(13)16)14-8-3-2-4-9-14/h2-12H,1H3. The topological polar surface area (TPSA) is 13.1 Å². The van der Waals surface area contributed by atoms with Gasteiger partial charge in [0, 0.05) is 16.3 Å². The molecule has 1 nitrogen and oxygen atoms in total. The van der Waals surface area contributed by atoms with E-state index in [0.29, 0.717) is 0 Å². The van der Waals surface area contributed by atoms with E-state index >= 15 is 0 Å². The van der Waals surface area contributed by atoms with Crippen molar-refractivity contribution in [3.63, 3.8) is 0 Å². The van der Waals surface area contributed by atoms with Crippen LogP contribution in [0.5, 0.6) is 0 Å². The molecular weight excluding hydrogens is 244 g/mol. The molecular formula is C19H14O. The second kappa shape index (κ2) is 4.24. The molecule has 3 aromatic carbocycles. The van der Waals surface area contributed by atoms with Crippen molar-refractivity contribution in [1.29, 1.82) is 0 Å². The van der Waals surface area contributed by atoms with Crippen molar-refractivity contribution in [3.8, 4) is 11.1 Å². The average Bonchev–Trinajstić information content (AvgIpc) is 2.88. The van der Waals surface area contributed by atoms with Gasteiger partial charge in [-0.15, -0.1) is 0 Å². The van der Waals surface area contributed by atoms with Gasteiger partial charge in [0.15, 0.2) is 0 Å². The van der Waals surface area contributed by atoms with E-state index < -0.39 is 0 Å². The molecule has 0 bridgehead atoms. The Labute approximate surface area is 117 Å². The normalized spacial score (nSPS) is 11.2. The number of rotatable bonds is 1. The van der Waals surface area contributed by atoms with Crippen LogP contribution in [0.4, 0.5) is 0 Å². The molecule has 1 aromatic heterocycles. The molecule has 0 aliphatic rings. The fourth-order valence-electron chi connectivity index (χ4n) is 2.81. The monoisotopic (exact) mass is 258 g/mol. The lowest BCUT2D eigenvalue weighted by Crippen LogP contribution is -1.77. The second-order valence-electron chi connectivity index (χ2n) is 5.10. The van der Waals surface area contributed by atoms with Gasteiger partial charge in [-0.05, 0) is 18.1 Å². The maximum Gasteiger partial charge on any atom is 0.143 e. The predicted octanol–water partition coefficient (Wildman–Crippen LogP) is 5.56. The molecule has 0 saturated carbocycles. The van der Waals surface area contributed by atoms with Crippen LogP contribution in [0.15, 0.2) is 71.1 Å².